The summed E-state index contributed by atoms with van der Waals surface area (Å²) in [5.41, 5.74) is 1.95. The molecule has 130 valence electrons. The molecule has 0 aliphatic heterocycles. The topological polar surface area (TPSA) is 56.5 Å². The van der Waals surface area contributed by atoms with E-state index >= 15 is 0 Å². The van der Waals surface area contributed by atoms with Crippen LogP contribution in [0.3, 0.4) is 0 Å². The molecule has 3 aromatic rings. The molecular weight excluding hydrogens is 354 g/mol. The highest BCUT2D eigenvalue weighted by molar-refractivity contribution is 7.14. The molecule has 0 aliphatic rings. The number of thiophene rings is 1. The van der Waals surface area contributed by atoms with Crippen LogP contribution in [0.4, 0.5) is 5.69 Å². The fourth-order valence-electron chi connectivity index (χ4n) is 2.40. The van der Waals surface area contributed by atoms with E-state index in [1.54, 1.807) is 35.1 Å². The van der Waals surface area contributed by atoms with Crippen molar-refractivity contribution in [1.82, 2.24) is 9.55 Å². The largest absolute Gasteiger partial charge is 0.466 e. The lowest BCUT2D eigenvalue weighted by Gasteiger charge is -2.08. The van der Waals surface area contributed by atoms with Crippen LogP contribution in [-0.2, 0) is 16.1 Å². The fraction of sp³-hybridized carbons (Fsp3) is 0.278. The van der Waals surface area contributed by atoms with Gasteiger partial charge in [0.25, 0.3) is 0 Å². The van der Waals surface area contributed by atoms with E-state index in [2.05, 4.69) is 26.4 Å². The van der Waals surface area contributed by atoms with Gasteiger partial charge in [-0.25, -0.2) is 4.99 Å². The Kier molecular flexibility index (Phi) is 6.14. The minimum absolute atomic E-state index is 0.151. The Morgan fingerprint density at radius 2 is 2.24 bits per heavy atom. The lowest BCUT2D eigenvalue weighted by Crippen LogP contribution is -2.17. The molecule has 0 atom stereocenters. The lowest BCUT2D eigenvalue weighted by molar-refractivity contribution is -0.143. The highest BCUT2D eigenvalue weighted by Crippen LogP contribution is 2.25. The van der Waals surface area contributed by atoms with Crippen LogP contribution in [0.1, 0.15) is 19.8 Å². The van der Waals surface area contributed by atoms with Crippen molar-refractivity contribution in [1.29, 1.82) is 0 Å². The second kappa shape index (κ2) is 8.73. The molecule has 3 rings (SSSR count). The molecule has 0 saturated carbocycles. The van der Waals surface area contributed by atoms with E-state index in [1.165, 1.54) is 4.88 Å². The summed E-state index contributed by atoms with van der Waals surface area (Å²) in [5, 5.41) is 4.18. The fourth-order valence-corrected chi connectivity index (χ4v) is 4.17. The van der Waals surface area contributed by atoms with Crippen molar-refractivity contribution in [3.05, 3.63) is 52.2 Å². The van der Waals surface area contributed by atoms with E-state index < -0.39 is 0 Å². The highest BCUT2D eigenvalue weighted by atomic mass is 32.1. The number of thiazole rings is 1. The molecule has 5 nitrogen and oxygen atoms in total. The standard InChI is InChI=1S/C18H19N3O2S2/c1-2-23-17(22)8-4-10-21-15(16-7-5-11-24-16)13-25-18(21)20-14-6-3-9-19-12-14/h3,5-7,9,11-13H,2,4,8,10H2,1H3. The van der Waals surface area contributed by atoms with Gasteiger partial charge < -0.3 is 9.30 Å². The summed E-state index contributed by atoms with van der Waals surface area (Å²) in [6, 6.07) is 7.94. The zero-order valence-corrected chi connectivity index (χ0v) is 15.6. The van der Waals surface area contributed by atoms with Crippen LogP contribution < -0.4 is 4.80 Å². The number of ether oxygens (including phenoxy) is 1. The summed E-state index contributed by atoms with van der Waals surface area (Å²) >= 11 is 3.30. The van der Waals surface area contributed by atoms with Crippen molar-refractivity contribution < 1.29 is 9.53 Å². The maximum atomic E-state index is 11.6. The number of hydrogen-bond acceptors (Lipinski definition) is 6. The van der Waals surface area contributed by atoms with Gasteiger partial charge in [-0.2, -0.15) is 0 Å². The Bertz CT molecular complexity index is 867. The molecule has 0 spiro atoms. The van der Waals surface area contributed by atoms with Crippen LogP contribution in [0.5, 0.6) is 0 Å². The van der Waals surface area contributed by atoms with Crippen LogP contribution in [0, 0.1) is 0 Å². The number of esters is 1. The Hall–Kier alpha value is -2.25. The van der Waals surface area contributed by atoms with Gasteiger partial charge in [-0.15, -0.1) is 22.7 Å². The highest BCUT2D eigenvalue weighted by Gasteiger charge is 2.10. The van der Waals surface area contributed by atoms with Crippen LogP contribution in [0.2, 0.25) is 0 Å². The first kappa shape index (κ1) is 17.6. The number of rotatable bonds is 7. The van der Waals surface area contributed by atoms with Gasteiger partial charge >= 0.3 is 5.97 Å². The second-order valence-electron chi connectivity index (χ2n) is 5.26. The van der Waals surface area contributed by atoms with E-state index in [0.717, 1.165) is 16.2 Å². The predicted octanol–water partition coefficient (Wildman–Crippen LogP) is 4.25. The van der Waals surface area contributed by atoms with E-state index in [9.17, 15) is 4.79 Å². The normalized spacial score (nSPS) is 11.6. The van der Waals surface area contributed by atoms with E-state index in [0.29, 0.717) is 26.0 Å². The predicted molar refractivity (Wildman–Crippen MR) is 101 cm³/mol. The van der Waals surface area contributed by atoms with Crippen LogP contribution >= 0.6 is 22.7 Å². The average Bonchev–Trinajstić information content (AvgIpc) is 3.26. The first-order valence-corrected chi connectivity index (χ1v) is 9.86. The number of aromatic nitrogens is 2. The third kappa shape index (κ3) is 4.64. The Morgan fingerprint density at radius 3 is 2.96 bits per heavy atom. The first-order valence-electron chi connectivity index (χ1n) is 8.10. The van der Waals surface area contributed by atoms with Crippen LogP contribution in [0.15, 0.2) is 52.4 Å². The molecule has 7 heteroatoms. The monoisotopic (exact) mass is 373 g/mol. The van der Waals surface area contributed by atoms with E-state index in [4.69, 9.17) is 9.73 Å². The number of pyridine rings is 1. The molecule has 3 heterocycles. The third-order valence-corrected chi connectivity index (χ3v) is 5.27. The zero-order chi connectivity index (χ0) is 17.5. The summed E-state index contributed by atoms with van der Waals surface area (Å²) in [5.74, 6) is -0.151. The molecule has 0 saturated heterocycles. The number of nitrogens with zero attached hydrogens (tertiary/aromatic N) is 3. The minimum atomic E-state index is -0.151. The molecule has 0 radical (unpaired) electrons. The summed E-state index contributed by atoms with van der Waals surface area (Å²) in [6.45, 7) is 2.96. The van der Waals surface area contributed by atoms with Crippen molar-refractivity contribution >= 4 is 34.3 Å². The Labute approximate surface area is 154 Å². The summed E-state index contributed by atoms with van der Waals surface area (Å²) in [6.07, 6.45) is 4.60. The lowest BCUT2D eigenvalue weighted by atomic mass is 10.3. The number of carbonyl (C=O) groups excluding carboxylic acids is 1. The van der Waals surface area contributed by atoms with Gasteiger partial charge in [-0.05, 0) is 36.9 Å². The molecular formula is C18H19N3O2S2. The SMILES string of the molecule is CCOC(=O)CCCn1c(-c2cccs2)csc1=Nc1cccnc1. The molecule has 0 amide bonds. The molecule has 0 N–H and O–H groups in total. The number of carbonyl (C=O) groups is 1. The van der Waals surface area contributed by atoms with Crippen molar-refractivity contribution in [2.24, 2.45) is 4.99 Å². The summed E-state index contributed by atoms with van der Waals surface area (Å²) < 4.78 is 7.18. The summed E-state index contributed by atoms with van der Waals surface area (Å²) in [4.78, 5) is 22.5. The van der Waals surface area contributed by atoms with Gasteiger partial charge in [0.2, 0.25) is 0 Å². The van der Waals surface area contributed by atoms with Gasteiger partial charge in [0, 0.05) is 24.5 Å². The van der Waals surface area contributed by atoms with E-state index in [-0.39, 0.29) is 5.97 Å². The van der Waals surface area contributed by atoms with Crippen molar-refractivity contribution in [2.45, 2.75) is 26.3 Å². The number of hydrogen-bond donors (Lipinski definition) is 0. The molecule has 0 bridgehead atoms. The molecule has 0 unspecified atom stereocenters. The zero-order valence-electron chi connectivity index (χ0n) is 13.9. The summed E-state index contributed by atoms with van der Waals surface area (Å²) in [7, 11) is 0. The smallest absolute Gasteiger partial charge is 0.305 e. The Balaban J connectivity index is 1.88. The maximum Gasteiger partial charge on any atom is 0.305 e. The van der Waals surface area contributed by atoms with Crippen molar-refractivity contribution in [3.8, 4) is 10.6 Å². The van der Waals surface area contributed by atoms with Crippen LogP contribution in [0.25, 0.3) is 10.6 Å². The maximum absolute atomic E-state index is 11.6. The minimum Gasteiger partial charge on any atom is -0.466 e. The third-order valence-electron chi connectivity index (χ3n) is 3.51. The van der Waals surface area contributed by atoms with Crippen LogP contribution in [-0.4, -0.2) is 22.1 Å². The van der Waals surface area contributed by atoms with E-state index in [1.807, 2.05) is 25.1 Å². The Morgan fingerprint density at radius 1 is 1.32 bits per heavy atom. The first-order chi connectivity index (χ1) is 12.3. The van der Waals surface area contributed by atoms with Gasteiger partial charge in [0.1, 0.15) is 0 Å². The second-order valence-corrected chi connectivity index (χ2v) is 7.05. The van der Waals surface area contributed by atoms with Crippen molar-refractivity contribution in [3.63, 3.8) is 0 Å². The van der Waals surface area contributed by atoms with Gasteiger partial charge in [0.05, 0.1) is 29.1 Å². The van der Waals surface area contributed by atoms with Gasteiger partial charge in [-0.3, -0.25) is 9.78 Å². The van der Waals surface area contributed by atoms with Gasteiger partial charge in [0.15, 0.2) is 4.80 Å². The van der Waals surface area contributed by atoms with Crippen molar-refractivity contribution in [2.75, 3.05) is 6.61 Å². The van der Waals surface area contributed by atoms with Gasteiger partial charge in [-0.1, -0.05) is 6.07 Å². The molecule has 0 aliphatic carbocycles. The molecule has 0 aromatic carbocycles. The quantitative estimate of drug-likeness (QED) is 0.582. The average molecular weight is 374 g/mol. The molecule has 0 fully saturated rings. The molecule has 25 heavy (non-hydrogen) atoms. The molecule has 3 aromatic heterocycles.